The number of aromatic hydroxyl groups is 1. The van der Waals surface area contributed by atoms with Crippen LogP contribution in [0.4, 0.5) is 4.39 Å². The predicted octanol–water partition coefficient (Wildman–Crippen LogP) is 4.77. The van der Waals surface area contributed by atoms with Crippen LogP contribution >= 0.6 is 27.7 Å². The van der Waals surface area contributed by atoms with Crippen molar-refractivity contribution in [3.63, 3.8) is 0 Å². The largest absolute Gasteiger partial charge is 0.503 e. The molecule has 0 aromatic heterocycles. The van der Waals surface area contributed by atoms with Gasteiger partial charge in [-0.2, -0.15) is 0 Å². The third-order valence-corrected chi connectivity index (χ3v) is 4.98. The number of phenols is 1. The van der Waals surface area contributed by atoms with Gasteiger partial charge in [0.15, 0.2) is 17.3 Å². The Hall–Kier alpha value is -2.32. The van der Waals surface area contributed by atoms with Crippen molar-refractivity contribution in [2.24, 2.45) is 0 Å². The third-order valence-electron chi connectivity index (χ3n) is 3.35. The molecule has 0 heterocycles. The van der Waals surface area contributed by atoms with Crippen molar-refractivity contribution in [2.45, 2.75) is 11.8 Å². The molecule has 0 bridgehead atoms. The molecule has 0 amide bonds. The summed E-state index contributed by atoms with van der Waals surface area (Å²) in [5.74, 6) is -2.12. The number of carbonyl (C=O) groups is 2. The molecule has 0 aliphatic carbocycles. The summed E-state index contributed by atoms with van der Waals surface area (Å²) in [5, 5.41) is 18.5. The summed E-state index contributed by atoms with van der Waals surface area (Å²) in [6.07, 6.45) is 2.81. The number of benzene rings is 2. The highest BCUT2D eigenvalue weighted by atomic mass is 79.9. The van der Waals surface area contributed by atoms with Crippen molar-refractivity contribution in [3.8, 4) is 11.5 Å². The fourth-order valence-electron chi connectivity index (χ4n) is 2.13. The molecule has 2 N–H and O–H groups in total. The Kier molecular flexibility index (Phi) is 7.44. The van der Waals surface area contributed by atoms with Crippen LogP contribution in [0, 0.1) is 5.82 Å². The Bertz CT molecular complexity index is 898. The van der Waals surface area contributed by atoms with Crippen molar-refractivity contribution in [1.82, 2.24) is 0 Å². The lowest BCUT2D eigenvalue weighted by Gasteiger charge is -2.08. The molecule has 0 saturated carbocycles. The van der Waals surface area contributed by atoms with Crippen LogP contribution < -0.4 is 4.74 Å². The maximum atomic E-state index is 14.0. The molecule has 2 rings (SSSR count). The lowest BCUT2D eigenvalue weighted by atomic mass is 10.1. The summed E-state index contributed by atoms with van der Waals surface area (Å²) >= 11 is 4.07. The number of phenolic OH excluding ortho intramolecular Hbond substituents is 1. The van der Waals surface area contributed by atoms with E-state index in [9.17, 15) is 19.1 Å². The maximum Gasteiger partial charge on any atom is 0.313 e. The molecule has 0 atom stereocenters. The Balaban J connectivity index is 2.17. The number of ketones is 1. The van der Waals surface area contributed by atoms with E-state index in [2.05, 4.69) is 15.9 Å². The van der Waals surface area contributed by atoms with Crippen LogP contribution in [0.3, 0.4) is 0 Å². The average Bonchev–Trinajstić information content (AvgIpc) is 2.62. The lowest BCUT2D eigenvalue weighted by Crippen LogP contribution is -2.00. The monoisotopic (exact) mass is 454 g/mol. The van der Waals surface area contributed by atoms with Gasteiger partial charge in [0.25, 0.3) is 0 Å². The van der Waals surface area contributed by atoms with E-state index in [1.807, 2.05) is 0 Å². The van der Waals surface area contributed by atoms with Crippen LogP contribution in [-0.2, 0) is 4.79 Å². The van der Waals surface area contributed by atoms with Gasteiger partial charge in [-0.15, -0.1) is 11.8 Å². The highest BCUT2D eigenvalue weighted by molar-refractivity contribution is 9.10. The molecule has 0 aliphatic rings. The number of halogens is 2. The summed E-state index contributed by atoms with van der Waals surface area (Å²) in [6, 6.07) is 7.11. The molecular weight excluding hydrogens is 439 g/mol. The van der Waals surface area contributed by atoms with E-state index < -0.39 is 17.6 Å². The Morgan fingerprint density at radius 3 is 2.67 bits per heavy atom. The number of aliphatic carboxylic acids is 1. The smallest absolute Gasteiger partial charge is 0.313 e. The zero-order chi connectivity index (χ0) is 20.0. The molecule has 0 fully saturated rings. The van der Waals surface area contributed by atoms with E-state index in [0.717, 1.165) is 17.8 Å². The zero-order valence-corrected chi connectivity index (χ0v) is 16.6. The first-order valence-corrected chi connectivity index (χ1v) is 9.61. The minimum Gasteiger partial charge on any atom is -0.503 e. The molecule has 0 unspecified atom stereocenters. The number of ether oxygens (including phenoxy) is 1. The summed E-state index contributed by atoms with van der Waals surface area (Å²) in [6.45, 7) is 2.16. The molecular formula is C19H16BrFO5S. The normalized spacial score (nSPS) is 10.9. The molecule has 0 saturated heterocycles. The average molecular weight is 455 g/mol. The lowest BCUT2D eigenvalue weighted by molar-refractivity contribution is -0.133. The third kappa shape index (κ3) is 5.83. The van der Waals surface area contributed by atoms with Gasteiger partial charge in [-0.3, -0.25) is 9.59 Å². The summed E-state index contributed by atoms with van der Waals surface area (Å²) in [5.41, 5.74) is 0.761. The van der Waals surface area contributed by atoms with Crippen LogP contribution in [0.15, 0.2) is 45.8 Å². The van der Waals surface area contributed by atoms with E-state index in [4.69, 9.17) is 9.84 Å². The van der Waals surface area contributed by atoms with Gasteiger partial charge in [0.05, 0.1) is 16.8 Å². The van der Waals surface area contributed by atoms with Crippen LogP contribution in [0.25, 0.3) is 6.08 Å². The number of carboxylic acids is 1. The van der Waals surface area contributed by atoms with Crippen molar-refractivity contribution >= 4 is 45.5 Å². The topological polar surface area (TPSA) is 83.8 Å². The van der Waals surface area contributed by atoms with E-state index in [1.54, 1.807) is 19.1 Å². The molecule has 142 valence electrons. The summed E-state index contributed by atoms with van der Waals surface area (Å²) in [7, 11) is 0. The van der Waals surface area contributed by atoms with E-state index in [-0.39, 0.29) is 27.7 Å². The van der Waals surface area contributed by atoms with Gasteiger partial charge in [-0.25, -0.2) is 4.39 Å². The quantitative estimate of drug-likeness (QED) is 0.339. The van der Waals surface area contributed by atoms with Crippen LogP contribution in [-0.4, -0.2) is 34.3 Å². The van der Waals surface area contributed by atoms with Crippen molar-refractivity contribution in [3.05, 3.63) is 57.8 Å². The fourth-order valence-corrected chi connectivity index (χ4v) is 3.23. The Morgan fingerprint density at radius 2 is 2.04 bits per heavy atom. The second kappa shape index (κ2) is 9.57. The van der Waals surface area contributed by atoms with E-state index >= 15 is 0 Å². The Morgan fingerprint density at radius 1 is 1.30 bits per heavy atom. The van der Waals surface area contributed by atoms with Crippen LogP contribution in [0.2, 0.25) is 0 Å². The fraction of sp³-hybridized carbons (Fsp3) is 0.158. The van der Waals surface area contributed by atoms with Gasteiger partial charge in [-0.05, 0) is 64.8 Å². The first-order valence-electron chi connectivity index (χ1n) is 7.83. The number of hydrogen-bond donors (Lipinski definition) is 2. The van der Waals surface area contributed by atoms with Crippen molar-refractivity contribution in [1.29, 1.82) is 0 Å². The summed E-state index contributed by atoms with van der Waals surface area (Å²) in [4.78, 5) is 23.0. The standard InChI is InChI=1S/C19H16BrFO5S/c1-2-26-16-8-11(7-13(20)19(16)25)3-5-15(22)12-4-6-17(14(21)9-12)27-10-18(23)24/h3-9,25H,2,10H2,1H3,(H,23,24). The molecule has 8 heteroatoms. The SMILES string of the molecule is CCOc1cc(C=CC(=O)c2ccc(SCC(=O)O)c(F)c2)cc(Br)c1O. The van der Waals surface area contributed by atoms with Gasteiger partial charge in [0.2, 0.25) is 0 Å². The molecule has 0 aliphatic heterocycles. The number of allylic oxidation sites excluding steroid dienone is 1. The first-order chi connectivity index (χ1) is 12.8. The number of hydrogen-bond acceptors (Lipinski definition) is 5. The number of rotatable bonds is 8. The molecule has 5 nitrogen and oxygen atoms in total. The van der Waals surface area contributed by atoms with Crippen molar-refractivity contribution in [2.75, 3.05) is 12.4 Å². The second-order valence-electron chi connectivity index (χ2n) is 5.31. The predicted molar refractivity (Wildman–Crippen MR) is 105 cm³/mol. The highest BCUT2D eigenvalue weighted by Gasteiger charge is 2.11. The molecule has 0 radical (unpaired) electrons. The molecule has 27 heavy (non-hydrogen) atoms. The van der Waals surface area contributed by atoms with E-state index in [0.29, 0.717) is 16.6 Å². The maximum absolute atomic E-state index is 14.0. The van der Waals surface area contributed by atoms with Gasteiger partial charge in [-0.1, -0.05) is 6.08 Å². The zero-order valence-electron chi connectivity index (χ0n) is 14.2. The number of thioether (sulfide) groups is 1. The Labute approximate surface area is 168 Å². The van der Waals surface area contributed by atoms with E-state index in [1.165, 1.54) is 24.3 Å². The minimum absolute atomic E-state index is 0.0307. The van der Waals surface area contributed by atoms with Crippen LogP contribution in [0.1, 0.15) is 22.8 Å². The minimum atomic E-state index is -1.05. The molecule has 0 spiro atoms. The second-order valence-corrected chi connectivity index (χ2v) is 7.18. The van der Waals surface area contributed by atoms with Gasteiger partial charge < -0.3 is 14.9 Å². The van der Waals surface area contributed by atoms with Gasteiger partial charge in [0.1, 0.15) is 5.82 Å². The number of carboxylic acid groups (broad SMARTS) is 1. The number of carbonyl (C=O) groups excluding carboxylic acids is 1. The van der Waals surface area contributed by atoms with Crippen molar-refractivity contribution < 1.29 is 28.9 Å². The summed E-state index contributed by atoms with van der Waals surface area (Å²) < 4.78 is 19.8. The highest BCUT2D eigenvalue weighted by Crippen LogP contribution is 2.35. The molecule has 2 aromatic rings. The van der Waals surface area contributed by atoms with Gasteiger partial charge >= 0.3 is 5.97 Å². The molecule has 2 aromatic carbocycles. The first kappa shape index (κ1) is 21.0. The van der Waals surface area contributed by atoms with Crippen LogP contribution in [0.5, 0.6) is 11.5 Å². The van der Waals surface area contributed by atoms with Gasteiger partial charge in [0, 0.05) is 10.5 Å².